The second-order valence-corrected chi connectivity index (χ2v) is 7.45. The minimum atomic E-state index is 0.0475. The van der Waals surface area contributed by atoms with E-state index in [-0.39, 0.29) is 6.03 Å². The van der Waals surface area contributed by atoms with Crippen molar-refractivity contribution in [3.05, 3.63) is 53.1 Å². The Morgan fingerprint density at radius 3 is 2.83 bits per heavy atom. The third-order valence-corrected chi connectivity index (χ3v) is 5.84. The molecule has 8 heteroatoms. The molecule has 0 bridgehead atoms. The van der Waals surface area contributed by atoms with Gasteiger partial charge in [0.15, 0.2) is 0 Å². The maximum Gasteiger partial charge on any atom is 0.320 e. The smallest absolute Gasteiger partial charge is 0.320 e. The summed E-state index contributed by atoms with van der Waals surface area (Å²) in [5.74, 6) is 0. The fraction of sp³-hybridized carbons (Fsp3) is 0.333. The Hall–Kier alpha value is -3.60. The Balaban J connectivity index is 1.32. The van der Waals surface area contributed by atoms with Gasteiger partial charge in [-0.25, -0.2) is 4.79 Å². The van der Waals surface area contributed by atoms with Crippen LogP contribution in [0.4, 0.5) is 4.79 Å². The van der Waals surface area contributed by atoms with Gasteiger partial charge in [0.25, 0.3) is 0 Å². The lowest BCUT2D eigenvalue weighted by Gasteiger charge is -2.35. The number of urea groups is 1. The molecule has 0 unspecified atom stereocenters. The number of benzene rings is 1. The number of nitrogens with zero attached hydrogens (tertiary/aromatic N) is 5. The summed E-state index contributed by atoms with van der Waals surface area (Å²) in [5.41, 5.74) is 5.57. The highest BCUT2D eigenvalue weighted by Gasteiger charge is 2.29. The van der Waals surface area contributed by atoms with Crippen molar-refractivity contribution in [3.63, 3.8) is 0 Å². The molecule has 0 radical (unpaired) electrons. The van der Waals surface area contributed by atoms with E-state index in [0.29, 0.717) is 44.6 Å². The molecule has 1 saturated heterocycles. The molecule has 1 fully saturated rings. The van der Waals surface area contributed by atoms with Gasteiger partial charge in [-0.3, -0.25) is 5.10 Å². The summed E-state index contributed by atoms with van der Waals surface area (Å²) >= 11 is 0. The van der Waals surface area contributed by atoms with Crippen LogP contribution < -0.4 is 0 Å². The number of allylic oxidation sites excluding steroid dienone is 1. The van der Waals surface area contributed by atoms with E-state index >= 15 is 0 Å². The molecule has 0 aliphatic carbocycles. The zero-order valence-corrected chi connectivity index (χ0v) is 15.9. The van der Waals surface area contributed by atoms with E-state index in [1.54, 1.807) is 12.5 Å². The van der Waals surface area contributed by atoms with Crippen molar-refractivity contribution >= 4 is 22.5 Å². The second-order valence-electron chi connectivity index (χ2n) is 7.45. The molecule has 2 aromatic heterocycles. The predicted molar refractivity (Wildman–Crippen MR) is 105 cm³/mol. The maximum absolute atomic E-state index is 12.9. The van der Waals surface area contributed by atoms with Crippen LogP contribution in [0.5, 0.6) is 0 Å². The van der Waals surface area contributed by atoms with Crippen LogP contribution in [0.1, 0.15) is 29.7 Å². The molecule has 29 heavy (non-hydrogen) atoms. The number of hydrogen-bond acceptors (Lipinski definition) is 5. The highest BCUT2D eigenvalue weighted by atomic mass is 16.5. The fourth-order valence-corrected chi connectivity index (χ4v) is 4.24. The maximum atomic E-state index is 12.9. The average molecular weight is 388 g/mol. The lowest BCUT2D eigenvalue weighted by molar-refractivity contribution is 0.144. The molecule has 3 aromatic rings. The molecular formula is C21H20N6O2. The number of fused-ring (bicyclic) bond motifs is 2. The Morgan fingerprint density at radius 2 is 2.00 bits per heavy atom. The molecule has 8 nitrogen and oxygen atoms in total. The number of amides is 2. The van der Waals surface area contributed by atoms with E-state index in [2.05, 4.69) is 21.4 Å². The van der Waals surface area contributed by atoms with Crippen molar-refractivity contribution in [1.29, 1.82) is 5.26 Å². The number of nitriles is 1. The zero-order valence-electron chi connectivity index (χ0n) is 15.9. The first kappa shape index (κ1) is 17.5. The normalized spacial score (nSPS) is 16.6. The van der Waals surface area contributed by atoms with Crippen LogP contribution in [0.15, 0.2) is 40.8 Å². The van der Waals surface area contributed by atoms with E-state index in [4.69, 9.17) is 4.52 Å². The SMILES string of the molecule is N#CC(=C1CCN(C(=O)N2CCc3nocc3C2)CC1)c1cccc2[nH]ncc12. The molecule has 2 aliphatic rings. The molecule has 0 spiro atoms. The number of aromatic amines is 1. The van der Waals surface area contributed by atoms with Gasteiger partial charge in [0, 0.05) is 42.6 Å². The average Bonchev–Trinajstić information content (AvgIpc) is 3.43. The number of H-pyrrole nitrogens is 1. The number of aromatic nitrogens is 3. The van der Waals surface area contributed by atoms with Crippen LogP contribution in [-0.2, 0) is 13.0 Å². The van der Waals surface area contributed by atoms with E-state index in [0.717, 1.165) is 39.7 Å². The van der Waals surface area contributed by atoms with Gasteiger partial charge in [0.2, 0.25) is 0 Å². The molecule has 5 rings (SSSR count). The fourth-order valence-electron chi connectivity index (χ4n) is 4.24. The lowest BCUT2D eigenvalue weighted by Crippen LogP contribution is -2.47. The molecule has 1 aromatic carbocycles. The Labute approximate surface area is 167 Å². The van der Waals surface area contributed by atoms with Crippen LogP contribution in [0.3, 0.4) is 0 Å². The summed E-state index contributed by atoms with van der Waals surface area (Å²) in [4.78, 5) is 16.7. The van der Waals surface area contributed by atoms with Crippen molar-refractivity contribution in [1.82, 2.24) is 25.2 Å². The number of rotatable bonds is 1. The van der Waals surface area contributed by atoms with Gasteiger partial charge in [-0.05, 0) is 24.5 Å². The number of hydrogen-bond donors (Lipinski definition) is 1. The number of carbonyl (C=O) groups is 1. The van der Waals surface area contributed by atoms with Gasteiger partial charge in [-0.1, -0.05) is 17.3 Å². The third-order valence-electron chi connectivity index (χ3n) is 5.84. The Kier molecular flexibility index (Phi) is 4.28. The first-order chi connectivity index (χ1) is 14.2. The van der Waals surface area contributed by atoms with Crippen molar-refractivity contribution in [3.8, 4) is 6.07 Å². The minimum absolute atomic E-state index is 0.0475. The Morgan fingerprint density at radius 1 is 1.17 bits per heavy atom. The summed E-state index contributed by atoms with van der Waals surface area (Å²) in [6, 6.07) is 8.29. The van der Waals surface area contributed by atoms with Gasteiger partial charge in [-0.2, -0.15) is 10.4 Å². The first-order valence-electron chi connectivity index (χ1n) is 9.75. The van der Waals surface area contributed by atoms with Crippen molar-refractivity contribution < 1.29 is 9.32 Å². The lowest BCUT2D eigenvalue weighted by atomic mass is 9.92. The van der Waals surface area contributed by atoms with E-state index in [9.17, 15) is 10.1 Å². The third kappa shape index (κ3) is 3.05. The second kappa shape index (κ2) is 7.09. The summed E-state index contributed by atoms with van der Waals surface area (Å²) in [7, 11) is 0. The predicted octanol–water partition coefficient (Wildman–Crippen LogP) is 3.10. The molecule has 2 amide bonds. The minimum Gasteiger partial charge on any atom is -0.364 e. The summed E-state index contributed by atoms with van der Waals surface area (Å²) in [6.07, 6.45) is 5.52. The van der Waals surface area contributed by atoms with Crippen molar-refractivity contribution in [2.75, 3.05) is 19.6 Å². The Bertz CT molecular complexity index is 1140. The topological polar surface area (TPSA) is 102 Å². The van der Waals surface area contributed by atoms with Gasteiger partial charge in [0.05, 0.1) is 35.6 Å². The highest BCUT2D eigenvalue weighted by Crippen LogP contribution is 2.31. The molecule has 1 N–H and O–H groups in total. The summed E-state index contributed by atoms with van der Waals surface area (Å²) in [5, 5.41) is 21.8. The van der Waals surface area contributed by atoms with Crippen LogP contribution in [0.2, 0.25) is 0 Å². The van der Waals surface area contributed by atoms with Crippen molar-refractivity contribution in [2.24, 2.45) is 0 Å². The number of carbonyl (C=O) groups excluding carboxylic acids is 1. The number of piperidine rings is 1. The van der Waals surface area contributed by atoms with E-state index in [1.165, 1.54) is 0 Å². The largest absolute Gasteiger partial charge is 0.364 e. The summed E-state index contributed by atoms with van der Waals surface area (Å²) in [6.45, 7) is 2.44. The monoisotopic (exact) mass is 388 g/mol. The van der Waals surface area contributed by atoms with E-state index in [1.807, 2.05) is 28.0 Å². The van der Waals surface area contributed by atoms with Gasteiger partial charge < -0.3 is 14.3 Å². The standard InChI is InChI=1S/C21H20N6O2/c22-10-17(16-2-1-3-20-18(16)11-23-24-20)14-4-7-26(8-5-14)21(28)27-9-6-19-15(12-27)13-29-25-19/h1-3,11,13H,4-9,12H2,(H,23,24). The zero-order chi connectivity index (χ0) is 19.8. The molecule has 146 valence electrons. The number of likely N-dealkylation sites (tertiary alicyclic amines) is 1. The van der Waals surface area contributed by atoms with Gasteiger partial charge in [0.1, 0.15) is 6.26 Å². The highest BCUT2D eigenvalue weighted by molar-refractivity contribution is 5.96. The quantitative estimate of drug-likeness (QED) is 0.646. The van der Waals surface area contributed by atoms with Crippen LogP contribution in [0, 0.1) is 11.3 Å². The first-order valence-corrected chi connectivity index (χ1v) is 9.75. The van der Waals surface area contributed by atoms with Crippen molar-refractivity contribution in [2.45, 2.75) is 25.8 Å². The molecule has 0 saturated carbocycles. The van der Waals surface area contributed by atoms with Crippen LogP contribution in [-0.4, -0.2) is 50.8 Å². The van der Waals surface area contributed by atoms with Crippen LogP contribution in [0.25, 0.3) is 16.5 Å². The molecule has 4 heterocycles. The van der Waals surface area contributed by atoms with Crippen LogP contribution >= 0.6 is 0 Å². The number of nitrogens with one attached hydrogen (secondary N) is 1. The van der Waals surface area contributed by atoms with E-state index < -0.39 is 0 Å². The molecule has 0 atom stereocenters. The van der Waals surface area contributed by atoms with Gasteiger partial charge in [-0.15, -0.1) is 0 Å². The molecular weight excluding hydrogens is 368 g/mol. The summed E-state index contributed by atoms with van der Waals surface area (Å²) < 4.78 is 5.02. The van der Waals surface area contributed by atoms with Gasteiger partial charge >= 0.3 is 6.03 Å². The molecule has 2 aliphatic heterocycles.